The first kappa shape index (κ1) is 9.20. The maximum absolute atomic E-state index is 11.5. The molecule has 0 bridgehead atoms. The third kappa shape index (κ3) is 2.91. The zero-order valence-corrected chi connectivity index (χ0v) is 7.90. The van der Waals surface area contributed by atoms with E-state index in [1.807, 2.05) is 6.92 Å². The van der Waals surface area contributed by atoms with Crippen LogP contribution in [0, 0.1) is 0 Å². The maximum atomic E-state index is 11.5. The van der Waals surface area contributed by atoms with Crippen LogP contribution in [0.2, 0.25) is 0 Å². The molecule has 0 aromatic rings. The van der Waals surface area contributed by atoms with Crippen molar-refractivity contribution < 1.29 is 4.21 Å². The Morgan fingerprint density at radius 1 is 1.55 bits per heavy atom. The van der Waals surface area contributed by atoms with Gasteiger partial charge >= 0.3 is 0 Å². The molecule has 1 aliphatic carbocycles. The molecule has 11 heavy (non-hydrogen) atoms. The fourth-order valence-corrected chi connectivity index (χ4v) is 3.20. The van der Waals surface area contributed by atoms with Gasteiger partial charge in [0.15, 0.2) is 0 Å². The summed E-state index contributed by atoms with van der Waals surface area (Å²) in [6, 6.07) is 0.0939. The largest absolute Gasteiger partial charge is 0.327 e. The first-order valence-electron chi connectivity index (χ1n) is 4.33. The second kappa shape index (κ2) is 4.21. The molecule has 1 saturated carbocycles. The molecule has 0 amide bonds. The van der Waals surface area contributed by atoms with Crippen LogP contribution in [0.3, 0.4) is 0 Å². The lowest BCUT2D eigenvalue weighted by Crippen LogP contribution is -2.27. The fourth-order valence-electron chi connectivity index (χ4n) is 1.55. The Morgan fingerprint density at radius 3 is 2.55 bits per heavy atom. The molecule has 2 N–H and O–H groups in total. The molecular formula is C8H17NOS. The van der Waals surface area contributed by atoms with E-state index in [2.05, 4.69) is 0 Å². The molecule has 0 aliphatic heterocycles. The first-order chi connectivity index (χ1) is 5.20. The summed E-state index contributed by atoms with van der Waals surface area (Å²) in [4.78, 5) is 0. The molecule has 2 atom stereocenters. The molecule has 0 aromatic carbocycles. The topological polar surface area (TPSA) is 43.1 Å². The summed E-state index contributed by atoms with van der Waals surface area (Å²) in [5.41, 5.74) is 5.57. The third-order valence-electron chi connectivity index (χ3n) is 2.10. The summed E-state index contributed by atoms with van der Waals surface area (Å²) in [6.45, 7) is 1.92. The van der Waals surface area contributed by atoms with Crippen LogP contribution in [-0.2, 0) is 10.8 Å². The van der Waals surface area contributed by atoms with Crippen LogP contribution in [0.5, 0.6) is 0 Å². The molecule has 3 heteroatoms. The smallest absolute Gasteiger partial charge is 0.0386 e. The summed E-state index contributed by atoms with van der Waals surface area (Å²) in [5.74, 6) is 0.685. The highest BCUT2D eigenvalue weighted by Gasteiger charge is 2.21. The number of rotatable bonds is 3. The van der Waals surface area contributed by atoms with Crippen molar-refractivity contribution >= 4 is 10.8 Å². The van der Waals surface area contributed by atoms with Crippen LogP contribution in [-0.4, -0.2) is 21.3 Å². The minimum atomic E-state index is -0.650. The van der Waals surface area contributed by atoms with Crippen LogP contribution >= 0.6 is 0 Å². The van der Waals surface area contributed by atoms with Crippen molar-refractivity contribution in [3.8, 4) is 0 Å². The van der Waals surface area contributed by atoms with Gasteiger partial charge in [-0.15, -0.1) is 0 Å². The molecule has 0 heterocycles. The fraction of sp³-hybridized carbons (Fsp3) is 1.00. The Morgan fingerprint density at radius 2 is 2.09 bits per heavy atom. The first-order valence-corrected chi connectivity index (χ1v) is 5.71. The minimum Gasteiger partial charge on any atom is -0.327 e. The van der Waals surface area contributed by atoms with Crippen molar-refractivity contribution in [3.05, 3.63) is 0 Å². The highest BCUT2D eigenvalue weighted by atomic mass is 32.2. The normalized spacial score (nSPS) is 25.3. The molecule has 2 nitrogen and oxygen atoms in total. The van der Waals surface area contributed by atoms with Crippen molar-refractivity contribution in [3.63, 3.8) is 0 Å². The van der Waals surface area contributed by atoms with E-state index in [1.165, 1.54) is 12.8 Å². The Labute approximate surface area is 71.0 Å². The van der Waals surface area contributed by atoms with Gasteiger partial charge in [0, 0.05) is 27.8 Å². The number of hydrogen-bond donors (Lipinski definition) is 1. The molecule has 0 saturated heterocycles. The van der Waals surface area contributed by atoms with Gasteiger partial charge in [0.25, 0.3) is 0 Å². The highest BCUT2D eigenvalue weighted by molar-refractivity contribution is 7.85. The van der Waals surface area contributed by atoms with Crippen LogP contribution in [0.25, 0.3) is 0 Å². The summed E-state index contributed by atoms with van der Waals surface area (Å²) in [5, 5.41) is 0.459. The van der Waals surface area contributed by atoms with Gasteiger partial charge in [-0.1, -0.05) is 12.8 Å². The van der Waals surface area contributed by atoms with Crippen molar-refractivity contribution in [1.82, 2.24) is 0 Å². The van der Waals surface area contributed by atoms with Crippen molar-refractivity contribution in [2.75, 3.05) is 5.75 Å². The quantitative estimate of drug-likeness (QED) is 0.696. The van der Waals surface area contributed by atoms with Gasteiger partial charge in [-0.05, 0) is 19.8 Å². The molecule has 66 valence electrons. The lowest BCUT2D eigenvalue weighted by molar-refractivity contribution is 0.662. The number of nitrogens with two attached hydrogens (primary N) is 1. The van der Waals surface area contributed by atoms with Crippen LogP contribution in [0.1, 0.15) is 32.6 Å². The van der Waals surface area contributed by atoms with Crippen molar-refractivity contribution in [1.29, 1.82) is 0 Å². The standard InChI is InChI=1S/C8H17NOS/c1-7(9)6-11(10)8-4-2-3-5-8/h7-8H,2-6,9H2,1H3. The summed E-state index contributed by atoms with van der Waals surface area (Å²) >= 11 is 0. The molecule has 0 radical (unpaired) electrons. The van der Waals surface area contributed by atoms with E-state index in [0.29, 0.717) is 11.0 Å². The lowest BCUT2D eigenvalue weighted by atomic mass is 10.4. The molecule has 1 rings (SSSR count). The van der Waals surface area contributed by atoms with E-state index in [4.69, 9.17) is 5.73 Å². The zero-order chi connectivity index (χ0) is 8.27. The summed E-state index contributed by atoms with van der Waals surface area (Å²) in [6.07, 6.45) is 4.82. The predicted molar refractivity (Wildman–Crippen MR) is 48.9 cm³/mol. The third-order valence-corrected chi connectivity index (χ3v) is 4.17. The van der Waals surface area contributed by atoms with E-state index in [-0.39, 0.29) is 6.04 Å². The molecule has 0 aromatic heterocycles. The Bertz CT molecular complexity index is 141. The second-order valence-corrected chi connectivity index (χ2v) is 5.19. The Balaban J connectivity index is 2.28. The average Bonchev–Trinajstić information content (AvgIpc) is 2.35. The Hall–Kier alpha value is 0.110. The molecule has 1 aliphatic rings. The molecule has 2 unspecified atom stereocenters. The van der Waals surface area contributed by atoms with Crippen molar-refractivity contribution in [2.24, 2.45) is 5.73 Å². The maximum Gasteiger partial charge on any atom is 0.0386 e. The highest BCUT2D eigenvalue weighted by Crippen LogP contribution is 2.22. The van der Waals surface area contributed by atoms with Crippen LogP contribution in [0.4, 0.5) is 0 Å². The van der Waals surface area contributed by atoms with Gasteiger partial charge in [-0.2, -0.15) is 0 Å². The Kier molecular flexibility index (Phi) is 3.52. The van der Waals surface area contributed by atoms with E-state index in [9.17, 15) is 4.21 Å². The van der Waals surface area contributed by atoms with Gasteiger partial charge in [-0.3, -0.25) is 4.21 Å². The average molecular weight is 175 g/mol. The minimum absolute atomic E-state index is 0.0939. The van der Waals surface area contributed by atoms with Crippen molar-refractivity contribution in [2.45, 2.75) is 43.9 Å². The van der Waals surface area contributed by atoms with E-state index < -0.39 is 10.8 Å². The van der Waals surface area contributed by atoms with Crippen LogP contribution in [0.15, 0.2) is 0 Å². The zero-order valence-electron chi connectivity index (χ0n) is 7.08. The van der Waals surface area contributed by atoms with E-state index in [0.717, 1.165) is 12.8 Å². The van der Waals surface area contributed by atoms with Crippen LogP contribution < -0.4 is 5.73 Å². The van der Waals surface area contributed by atoms with Gasteiger partial charge in [-0.25, -0.2) is 0 Å². The van der Waals surface area contributed by atoms with Gasteiger partial charge < -0.3 is 5.73 Å². The van der Waals surface area contributed by atoms with E-state index >= 15 is 0 Å². The molecule has 0 spiro atoms. The summed E-state index contributed by atoms with van der Waals surface area (Å²) < 4.78 is 11.5. The molecule has 1 fully saturated rings. The number of hydrogen-bond acceptors (Lipinski definition) is 2. The summed E-state index contributed by atoms with van der Waals surface area (Å²) in [7, 11) is -0.650. The van der Waals surface area contributed by atoms with Gasteiger partial charge in [0.2, 0.25) is 0 Å². The molecular weight excluding hydrogens is 158 g/mol. The van der Waals surface area contributed by atoms with Gasteiger partial charge in [0.05, 0.1) is 0 Å². The monoisotopic (exact) mass is 175 g/mol. The second-order valence-electron chi connectivity index (χ2n) is 3.43. The van der Waals surface area contributed by atoms with Gasteiger partial charge in [0.1, 0.15) is 0 Å². The SMILES string of the molecule is CC(N)CS(=O)C1CCCC1. The van der Waals surface area contributed by atoms with E-state index in [1.54, 1.807) is 0 Å². The lowest BCUT2D eigenvalue weighted by Gasteiger charge is -2.10. The predicted octanol–water partition coefficient (Wildman–Crippen LogP) is 1.02.